The molecule has 1 aliphatic rings. The van der Waals surface area contributed by atoms with Crippen molar-refractivity contribution in [1.29, 1.82) is 5.26 Å². The second kappa shape index (κ2) is 6.58. The van der Waals surface area contributed by atoms with Crippen molar-refractivity contribution in [2.75, 3.05) is 13.2 Å². The topological polar surface area (TPSA) is 120 Å². The first-order valence-electron chi connectivity index (χ1n) is 5.02. The van der Waals surface area contributed by atoms with Gasteiger partial charge in [0.05, 0.1) is 0 Å². The van der Waals surface area contributed by atoms with E-state index in [1.807, 2.05) is 6.19 Å². The summed E-state index contributed by atoms with van der Waals surface area (Å²) in [6.07, 6.45) is 2.41. The van der Waals surface area contributed by atoms with Crippen LogP contribution in [0, 0.1) is 11.5 Å². The molecule has 0 spiro atoms. The molecule has 0 radical (unpaired) electrons. The van der Waals surface area contributed by atoms with Crippen LogP contribution in [0.2, 0.25) is 0 Å². The standard InChI is InChI=1S/C10H13N3O4.In/c1-7(10(12)16)2-9(3-13-6-11)17-5-8(15)4-14;/h3,8,11,14-15H,1,4-5H2,(H2,12,16);/q;+1/p-1. The van der Waals surface area contributed by atoms with Crippen LogP contribution in [0.5, 0.6) is 0 Å². The van der Waals surface area contributed by atoms with Crippen molar-refractivity contribution in [3.05, 3.63) is 24.1 Å². The van der Waals surface area contributed by atoms with E-state index in [1.54, 1.807) is 0 Å². The Morgan fingerprint density at radius 2 is 2.44 bits per heavy atom. The van der Waals surface area contributed by atoms with Gasteiger partial charge in [-0.1, -0.05) is 0 Å². The van der Waals surface area contributed by atoms with Gasteiger partial charge in [-0.3, -0.25) is 0 Å². The van der Waals surface area contributed by atoms with E-state index >= 15 is 0 Å². The maximum absolute atomic E-state index is 11.1. The van der Waals surface area contributed by atoms with Gasteiger partial charge in [-0.15, -0.1) is 0 Å². The molecule has 1 amide bonds. The third kappa shape index (κ3) is 3.60. The summed E-state index contributed by atoms with van der Waals surface area (Å²) < 4.78 is 7.29. The Labute approximate surface area is 115 Å². The number of aliphatic hydroxyl groups excluding tert-OH is 2. The van der Waals surface area contributed by atoms with Crippen molar-refractivity contribution >= 4 is 31.9 Å². The molecule has 1 aliphatic heterocycles. The number of ether oxygens (including phenoxy) is 1. The van der Waals surface area contributed by atoms with Crippen LogP contribution in [-0.2, 0) is 9.53 Å². The fraction of sp³-hybridized carbons (Fsp3) is 0.300. The van der Waals surface area contributed by atoms with E-state index in [-0.39, 0.29) is 12.2 Å². The number of primary amides is 1. The summed E-state index contributed by atoms with van der Waals surface area (Å²) in [5, 5.41) is 26.7. The predicted molar refractivity (Wildman–Crippen MR) is 63.7 cm³/mol. The average Bonchev–Trinajstić information content (AvgIpc) is 2.77. The molecule has 0 aromatic heterocycles. The van der Waals surface area contributed by atoms with Gasteiger partial charge in [0.1, 0.15) is 0 Å². The van der Waals surface area contributed by atoms with Gasteiger partial charge < -0.3 is 0 Å². The molecule has 0 aromatic rings. The molecule has 8 heteroatoms. The Morgan fingerprint density at radius 1 is 1.78 bits per heavy atom. The molecule has 0 fully saturated rings. The van der Waals surface area contributed by atoms with Crippen LogP contribution in [0.4, 0.5) is 0 Å². The van der Waals surface area contributed by atoms with Gasteiger partial charge >= 0.3 is 115 Å². The van der Waals surface area contributed by atoms with Gasteiger partial charge in [-0.2, -0.15) is 0 Å². The molecule has 0 aliphatic carbocycles. The van der Waals surface area contributed by atoms with Crippen LogP contribution in [0.1, 0.15) is 0 Å². The van der Waals surface area contributed by atoms with E-state index in [0.717, 1.165) is 0 Å². The van der Waals surface area contributed by atoms with E-state index < -0.39 is 41.3 Å². The molecule has 0 saturated carbocycles. The number of allylic oxidation sites excluding steroid dienone is 1. The van der Waals surface area contributed by atoms with Gasteiger partial charge in [-0.05, 0) is 0 Å². The number of amides is 1. The molecule has 1 unspecified atom stereocenters. The summed E-state index contributed by atoms with van der Waals surface area (Å²) in [6.45, 7) is 3.02. The fourth-order valence-electron chi connectivity index (χ4n) is 1.21. The molecule has 0 aromatic carbocycles. The Morgan fingerprint density at radius 3 is 2.94 bits per heavy atom. The van der Waals surface area contributed by atoms with Crippen LogP contribution in [0.3, 0.4) is 0 Å². The molecule has 94 valence electrons. The number of nitrogens with zero attached hydrogens (tertiary/aromatic N) is 2. The first-order chi connectivity index (χ1) is 8.49. The van der Waals surface area contributed by atoms with Gasteiger partial charge in [0.15, 0.2) is 0 Å². The molecular weight excluding hydrogens is 341 g/mol. The zero-order valence-electron chi connectivity index (χ0n) is 9.54. The van der Waals surface area contributed by atoms with Gasteiger partial charge in [0, 0.05) is 0 Å². The van der Waals surface area contributed by atoms with Crippen molar-refractivity contribution in [2.45, 2.75) is 6.10 Å². The summed E-state index contributed by atoms with van der Waals surface area (Å²) in [5.41, 5.74) is 5.28. The summed E-state index contributed by atoms with van der Waals surface area (Å²) in [6, 6.07) is 0. The number of hydrogen-bond acceptors (Lipinski definition) is 6. The number of nitrogens with two attached hydrogens (primary N) is 1. The third-order valence-electron chi connectivity index (χ3n) is 2.17. The van der Waals surface area contributed by atoms with Crippen LogP contribution in [0.25, 0.3) is 0 Å². The molecular formula is C10H12InN3O4. The van der Waals surface area contributed by atoms with Gasteiger partial charge in [0.25, 0.3) is 0 Å². The molecule has 18 heavy (non-hydrogen) atoms. The molecule has 0 saturated heterocycles. The maximum atomic E-state index is 11.1. The predicted octanol–water partition coefficient (Wildman–Crippen LogP) is -2.17. The number of aliphatic hydroxyl groups is 2. The van der Waals surface area contributed by atoms with Crippen LogP contribution in [0.15, 0.2) is 24.1 Å². The van der Waals surface area contributed by atoms with Gasteiger partial charge in [0.2, 0.25) is 0 Å². The number of carbonyl (C=O) groups is 1. The number of hydrogen-bond donors (Lipinski definition) is 3. The monoisotopic (exact) mass is 353 g/mol. The molecule has 1 heterocycles. The third-order valence-corrected chi connectivity index (χ3v) is 6.26. The molecule has 1 atom stereocenters. The Hall–Kier alpha value is -1.30. The van der Waals surface area contributed by atoms with Crippen LogP contribution >= 0.6 is 0 Å². The summed E-state index contributed by atoms with van der Waals surface area (Å²) in [7, 11) is 0. The second-order valence-electron chi connectivity index (χ2n) is 3.53. The van der Waals surface area contributed by atoms with E-state index in [2.05, 4.69) is 6.58 Å². The minimum absolute atomic E-state index is 0.125. The van der Waals surface area contributed by atoms with E-state index in [9.17, 15) is 9.90 Å². The Bertz CT molecular complexity index is 466. The first-order valence-corrected chi connectivity index (χ1v) is 8.14. The van der Waals surface area contributed by atoms with Crippen molar-refractivity contribution in [1.82, 2.24) is 2.89 Å². The zero-order chi connectivity index (χ0) is 13.7. The summed E-state index contributed by atoms with van der Waals surface area (Å²) >= 11 is -1.68. The second-order valence-corrected chi connectivity index (χ2v) is 7.51. The molecule has 0 bridgehead atoms. The molecule has 1 rings (SSSR count). The Balaban J connectivity index is 2.82. The van der Waals surface area contributed by atoms with E-state index in [0.29, 0.717) is 9.01 Å². The minimum atomic E-state index is -1.68. The van der Waals surface area contributed by atoms with Crippen molar-refractivity contribution in [3.8, 4) is 6.19 Å². The number of nitriles is 1. The van der Waals surface area contributed by atoms with Gasteiger partial charge in [-0.25, -0.2) is 0 Å². The van der Waals surface area contributed by atoms with Crippen molar-refractivity contribution in [3.63, 3.8) is 0 Å². The molecule has 4 N–H and O–H groups in total. The zero-order valence-corrected chi connectivity index (χ0v) is 12.8. The molecule has 7 nitrogen and oxygen atoms in total. The Kier molecular flexibility index (Phi) is 5.40. The van der Waals surface area contributed by atoms with Crippen LogP contribution in [-0.4, -0.2) is 64.3 Å². The summed E-state index contributed by atoms with van der Waals surface area (Å²) in [5.74, 6) is -0.331. The number of carbonyl (C=O) groups excluding carboxylic acids is 1. The fourth-order valence-corrected chi connectivity index (χ4v) is 4.43. The van der Waals surface area contributed by atoms with E-state index in [1.165, 1.54) is 9.09 Å². The van der Waals surface area contributed by atoms with E-state index in [4.69, 9.17) is 20.8 Å². The SMILES string of the molecule is C=C(C(N)=O)[C]1=[In][N](C#N)C=C1OCC(O)CO. The van der Waals surface area contributed by atoms with Crippen molar-refractivity contribution in [2.24, 2.45) is 5.73 Å². The number of rotatable bonds is 6. The van der Waals surface area contributed by atoms with Crippen molar-refractivity contribution < 1.29 is 19.7 Å². The summed E-state index contributed by atoms with van der Waals surface area (Å²) in [4.78, 5) is 11.1. The average molecular weight is 353 g/mol. The quantitative estimate of drug-likeness (QED) is 0.369. The first kappa shape index (κ1) is 14.8. The normalized spacial score (nSPS) is 15.1. The van der Waals surface area contributed by atoms with Crippen LogP contribution < -0.4 is 5.73 Å².